The Hall–Kier alpha value is -2.87. The predicted molar refractivity (Wildman–Crippen MR) is 73.3 cm³/mol. The van der Waals surface area contributed by atoms with Crippen molar-refractivity contribution in [3.63, 3.8) is 0 Å². The lowest BCUT2D eigenvalue weighted by atomic mass is 10.1. The number of aromatic nitrogens is 2. The summed E-state index contributed by atoms with van der Waals surface area (Å²) < 4.78 is 0. The molecule has 1 aromatic heterocycles. The first-order valence-corrected chi connectivity index (χ1v) is 6.01. The van der Waals surface area contributed by atoms with Crippen molar-refractivity contribution in [1.29, 1.82) is 0 Å². The van der Waals surface area contributed by atoms with Gasteiger partial charge in [-0.3, -0.25) is 14.9 Å². The molecule has 2 rings (SSSR count). The maximum atomic E-state index is 10.7. The lowest BCUT2D eigenvalue weighted by molar-refractivity contribution is -0.384. The molecule has 0 spiro atoms. The Bertz CT molecular complexity index is 672. The molecule has 0 amide bonds. The summed E-state index contributed by atoms with van der Waals surface area (Å²) in [5.41, 5.74) is 6.64. The Balaban J connectivity index is 2.24. The SMILES string of the molecule is N[C@@H](CC(=O)O)c1cnc(-c2cccc([N+](=O)[O-])c2)nc1. The number of carboxylic acid groups (broad SMARTS) is 1. The summed E-state index contributed by atoms with van der Waals surface area (Å²) in [5.74, 6) is -0.699. The van der Waals surface area contributed by atoms with Crippen LogP contribution in [0.5, 0.6) is 0 Å². The molecule has 0 unspecified atom stereocenters. The number of nitrogens with two attached hydrogens (primary N) is 1. The van der Waals surface area contributed by atoms with Crippen LogP contribution >= 0.6 is 0 Å². The van der Waals surface area contributed by atoms with Gasteiger partial charge in [0.15, 0.2) is 5.82 Å². The van der Waals surface area contributed by atoms with E-state index < -0.39 is 16.9 Å². The normalized spacial score (nSPS) is 11.9. The zero-order chi connectivity index (χ0) is 15.4. The maximum Gasteiger partial charge on any atom is 0.305 e. The number of nitro groups is 1. The van der Waals surface area contributed by atoms with Gasteiger partial charge in [0, 0.05) is 41.7 Å². The van der Waals surface area contributed by atoms with E-state index in [-0.39, 0.29) is 12.1 Å². The van der Waals surface area contributed by atoms with E-state index >= 15 is 0 Å². The zero-order valence-corrected chi connectivity index (χ0v) is 10.8. The van der Waals surface area contributed by atoms with E-state index in [0.29, 0.717) is 17.0 Å². The summed E-state index contributed by atoms with van der Waals surface area (Å²) in [6, 6.07) is 5.24. The fourth-order valence-electron chi connectivity index (χ4n) is 1.74. The number of hydrogen-bond donors (Lipinski definition) is 2. The van der Waals surface area contributed by atoms with Crippen molar-refractivity contribution in [3.05, 3.63) is 52.3 Å². The van der Waals surface area contributed by atoms with Crippen LogP contribution in [0.4, 0.5) is 5.69 Å². The number of hydrogen-bond acceptors (Lipinski definition) is 6. The molecule has 1 atom stereocenters. The van der Waals surface area contributed by atoms with Gasteiger partial charge in [0.1, 0.15) is 0 Å². The molecule has 8 nitrogen and oxygen atoms in total. The van der Waals surface area contributed by atoms with Crippen molar-refractivity contribution >= 4 is 11.7 Å². The van der Waals surface area contributed by atoms with Gasteiger partial charge in [-0.15, -0.1) is 0 Å². The van der Waals surface area contributed by atoms with E-state index in [4.69, 9.17) is 10.8 Å². The van der Waals surface area contributed by atoms with Crippen LogP contribution in [-0.2, 0) is 4.79 Å². The highest BCUT2D eigenvalue weighted by atomic mass is 16.6. The maximum absolute atomic E-state index is 10.7. The van der Waals surface area contributed by atoms with Crippen molar-refractivity contribution < 1.29 is 14.8 Å². The molecule has 108 valence electrons. The van der Waals surface area contributed by atoms with E-state index in [9.17, 15) is 14.9 Å². The average Bonchev–Trinajstić information content (AvgIpc) is 2.47. The van der Waals surface area contributed by atoms with Gasteiger partial charge in [0.25, 0.3) is 5.69 Å². The molecule has 1 heterocycles. The monoisotopic (exact) mass is 288 g/mol. The summed E-state index contributed by atoms with van der Waals surface area (Å²) >= 11 is 0. The second-order valence-electron chi connectivity index (χ2n) is 4.35. The molecule has 21 heavy (non-hydrogen) atoms. The molecule has 0 aliphatic carbocycles. The summed E-state index contributed by atoms with van der Waals surface area (Å²) in [6.45, 7) is 0. The van der Waals surface area contributed by atoms with E-state index in [2.05, 4.69) is 9.97 Å². The Labute approximate surface area is 119 Å². The van der Waals surface area contributed by atoms with Gasteiger partial charge >= 0.3 is 5.97 Å². The number of nitrogens with zero attached hydrogens (tertiary/aromatic N) is 3. The first-order valence-electron chi connectivity index (χ1n) is 6.01. The molecule has 0 radical (unpaired) electrons. The third-order valence-corrected chi connectivity index (χ3v) is 2.81. The van der Waals surface area contributed by atoms with Crippen molar-refractivity contribution in [1.82, 2.24) is 9.97 Å². The van der Waals surface area contributed by atoms with Crippen molar-refractivity contribution in [3.8, 4) is 11.4 Å². The summed E-state index contributed by atoms with van der Waals surface area (Å²) in [4.78, 5) is 29.0. The Kier molecular flexibility index (Phi) is 4.19. The second kappa shape index (κ2) is 6.06. The number of nitro benzene ring substituents is 1. The van der Waals surface area contributed by atoms with Gasteiger partial charge in [-0.25, -0.2) is 9.97 Å². The molecular weight excluding hydrogens is 276 g/mol. The topological polar surface area (TPSA) is 132 Å². The molecule has 0 aliphatic rings. The van der Waals surface area contributed by atoms with Crippen molar-refractivity contribution in [2.75, 3.05) is 0 Å². The van der Waals surface area contributed by atoms with Gasteiger partial charge in [-0.05, 0) is 0 Å². The van der Waals surface area contributed by atoms with Crippen LogP contribution in [-0.4, -0.2) is 26.0 Å². The van der Waals surface area contributed by atoms with Crippen LogP contribution in [0.25, 0.3) is 11.4 Å². The largest absolute Gasteiger partial charge is 0.481 e. The van der Waals surface area contributed by atoms with Crippen molar-refractivity contribution in [2.45, 2.75) is 12.5 Å². The summed E-state index contributed by atoms with van der Waals surface area (Å²) in [7, 11) is 0. The minimum atomic E-state index is -1.01. The van der Waals surface area contributed by atoms with Crippen LogP contribution in [0.2, 0.25) is 0 Å². The average molecular weight is 288 g/mol. The fourth-order valence-corrected chi connectivity index (χ4v) is 1.74. The molecule has 1 aromatic carbocycles. The Morgan fingerprint density at radius 3 is 2.62 bits per heavy atom. The second-order valence-corrected chi connectivity index (χ2v) is 4.35. The van der Waals surface area contributed by atoms with Crippen LogP contribution in [0.3, 0.4) is 0 Å². The van der Waals surface area contributed by atoms with E-state index in [0.717, 1.165) is 0 Å². The van der Waals surface area contributed by atoms with Crippen LogP contribution < -0.4 is 5.73 Å². The van der Waals surface area contributed by atoms with E-state index in [1.54, 1.807) is 12.1 Å². The lowest BCUT2D eigenvalue weighted by Gasteiger charge is -2.08. The molecule has 3 N–H and O–H groups in total. The van der Waals surface area contributed by atoms with Crippen LogP contribution in [0.1, 0.15) is 18.0 Å². The number of benzene rings is 1. The van der Waals surface area contributed by atoms with E-state index in [1.165, 1.54) is 24.5 Å². The number of rotatable bonds is 5. The third-order valence-electron chi connectivity index (χ3n) is 2.81. The number of non-ortho nitro benzene ring substituents is 1. The minimum Gasteiger partial charge on any atom is -0.481 e. The first-order chi connectivity index (χ1) is 9.97. The minimum absolute atomic E-state index is 0.0530. The Morgan fingerprint density at radius 2 is 2.05 bits per heavy atom. The van der Waals surface area contributed by atoms with Crippen LogP contribution in [0.15, 0.2) is 36.7 Å². The third kappa shape index (κ3) is 3.57. The Morgan fingerprint density at radius 1 is 1.38 bits per heavy atom. The van der Waals surface area contributed by atoms with Crippen molar-refractivity contribution in [2.24, 2.45) is 5.73 Å². The van der Waals surface area contributed by atoms with Gasteiger partial charge in [0.05, 0.1) is 11.3 Å². The van der Waals surface area contributed by atoms with Gasteiger partial charge in [-0.2, -0.15) is 0 Å². The standard InChI is InChI=1S/C13H12N4O4/c14-11(5-12(18)19)9-6-15-13(16-7-9)8-2-1-3-10(4-8)17(20)21/h1-4,6-7,11H,5,14H2,(H,18,19)/t11-/m0/s1. The lowest BCUT2D eigenvalue weighted by Crippen LogP contribution is -2.15. The molecular formula is C13H12N4O4. The smallest absolute Gasteiger partial charge is 0.305 e. The van der Waals surface area contributed by atoms with Gasteiger partial charge < -0.3 is 10.8 Å². The first kappa shape index (κ1) is 14.5. The fraction of sp³-hybridized carbons (Fsp3) is 0.154. The molecule has 0 bridgehead atoms. The highest BCUT2D eigenvalue weighted by molar-refractivity contribution is 5.67. The van der Waals surface area contributed by atoms with Crippen LogP contribution in [0, 0.1) is 10.1 Å². The molecule has 0 aliphatic heterocycles. The molecule has 0 fully saturated rings. The predicted octanol–water partition coefficient (Wildman–Crippen LogP) is 1.53. The van der Waals surface area contributed by atoms with Gasteiger partial charge in [-0.1, -0.05) is 12.1 Å². The zero-order valence-electron chi connectivity index (χ0n) is 10.8. The quantitative estimate of drug-likeness (QED) is 0.629. The molecule has 0 saturated carbocycles. The number of carbonyl (C=O) groups is 1. The van der Waals surface area contributed by atoms with Gasteiger partial charge in [0.2, 0.25) is 0 Å². The molecule has 8 heteroatoms. The number of aliphatic carboxylic acids is 1. The van der Waals surface area contributed by atoms with E-state index in [1.807, 2.05) is 0 Å². The summed E-state index contributed by atoms with van der Waals surface area (Å²) in [5, 5.41) is 19.4. The summed E-state index contributed by atoms with van der Waals surface area (Å²) in [6.07, 6.45) is 2.63. The number of carboxylic acids is 1. The highest BCUT2D eigenvalue weighted by Gasteiger charge is 2.13. The molecule has 0 saturated heterocycles. The molecule has 2 aromatic rings. The highest BCUT2D eigenvalue weighted by Crippen LogP contribution is 2.21.